The number of carboxylic acid groups (broad SMARTS) is 1. The van der Waals surface area contributed by atoms with E-state index in [9.17, 15) is 14.9 Å². The number of nitrogens with zero attached hydrogens (tertiary/aromatic N) is 3. The molecule has 0 fully saturated rings. The summed E-state index contributed by atoms with van der Waals surface area (Å²) >= 11 is 5.93. The van der Waals surface area contributed by atoms with E-state index >= 15 is 0 Å². The van der Waals surface area contributed by atoms with Gasteiger partial charge < -0.3 is 5.11 Å². The minimum atomic E-state index is -1.23. The summed E-state index contributed by atoms with van der Waals surface area (Å²) in [4.78, 5) is 21.4. The number of hydrogen-bond acceptors (Lipinski definition) is 4. The maximum Gasteiger partial charge on any atom is 0.340 e. The molecule has 8 heteroatoms. The first kappa shape index (κ1) is 13.0. The van der Waals surface area contributed by atoms with Gasteiger partial charge in [-0.05, 0) is 13.0 Å². The van der Waals surface area contributed by atoms with Crippen LogP contribution in [-0.2, 0) is 0 Å². The van der Waals surface area contributed by atoms with Gasteiger partial charge in [0.1, 0.15) is 16.4 Å². The number of aromatic nitrogens is 2. The van der Waals surface area contributed by atoms with Crippen molar-refractivity contribution in [2.24, 2.45) is 0 Å². The van der Waals surface area contributed by atoms with E-state index in [0.29, 0.717) is 0 Å². The van der Waals surface area contributed by atoms with E-state index < -0.39 is 10.9 Å². The zero-order chi connectivity index (χ0) is 14.2. The molecular formula is C11H8ClN3O4. The van der Waals surface area contributed by atoms with Crippen molar-refractivity contribution < 1.29 is 14.8 Å². The Kier molecular flexibility index (Phi) is 3.22. The molecule has 19 heavy (non-hydrogen) atoms. The molecule has 1 N–H and O–H groups in total. The molecule has 0 radical (unpaired) electrons. The molecule has 2 aromatic rings. The molecule has 1 aromatic carbocycles. The van der Waals surface area contributed by atoms with Crippen LogP contribution in [0.25, 0.3) is 5.69 Å². The number of aromatic carboxylic acids is 1. The first-order valence-electron chi connectivity index (χ1n) is 5.15. The van der Waals surface area contributed by atoms with Crippen LogP contribution >= 0.6 is 11.6 Å². The number of aryl methyl sites for hydroxylation is 1. The second-order valence-corrected chi connectivity index (χ2v) is 4.07. The normalized spacial score (nSPS) is 10.4. The molecular weight excluding hydrogens is 274 g/mol. The third kappa shape index (κ3) is 2.15. The Balaban J connectivity index is 2.70. The maximum atomic E-state index is 11.0. The fourth-order valence-electron chi connectivity index (χ4n) is 1.70. The van der Waals surface area contributed by atoms with Crippen LogP contribution in [0.2, 0.25) is 5.15 Å². The number of hydrogen-bond donors (Lipinski definition) is 1. The van der Waals surface area contributed by atoms with Gasteiger partial charge in [-0.1, -0.05) is 23.7 Å². The fourth-order valence-corrected chi connectivity index (χ4v) is 2.05. The van der Waals surface area contributed by atoms with E-state index in [0.717, 1.165) is 4.68 Å². The van der Waals surface area contributed by atoms with E-state index in [1.165, 1.54) is 25.1 Å². The van der Waals surface area contributed by atoms with Gasteiger partial charge in [0.15, 0.2) is 0 Å². The molecule has 0 unspecified atom stereocenters. The molecule has 0 amide bonds. The number of carbonyl (C=O) groups is 1. The van der Waals surface area contributed by atoms with Crippen molar-refractivity contribution in [2.45, 2.75) is 6.92 Å². The minimum Gasteiger partial charge on any atom is -0.478 e. The van der Waals surface area contributed by atoms with Crippen LogP contribution in [0.1, 0.15) is 16.1 Å². The molecule has 2 rings (SSSR count). The molecule has 0 atom stereocenters. The number of nitro benzene ring substituents is 1. The number of benzene rings is 1. The first-order chi connectivity index (χ1) is 8.93. The van der Waals surface area contributed by atoms with Gasteiger partial charge in [0, 0.05) is 6.07 Å². The van der Waals surface area contributed by atoms with E-state index in [4.69, 9.17) is 16.7 Å². The number of rotatable bonds is 3. The van der Waals surface area contributed by atoms with Crippen molar-refractivity contribution in [3.05, 3.63) is 50.8 Å². The lowest BCUT2D eigenvalue weighted by molar-refractivity contribution is -0.384. The van der Waals surface area contributed by atoms with Crippen LogP contribution in [0.3, 0.4) is 0 Å². The second-order valence-electron chi connectivity index (χ2n) is 3.71. The van der Waals surface area contributed by atoms with Crippen molar-refractivity contribution in [2.75, 3.05) is 0 Å². The Hall–Kier alpha value is -2.41. The highest BCUT2D eigenvalue weighted by Gasteiger charge is 2.24. The molecule has 98 valence electrons. The third-order valence-corrected chi connectivity index (χ3v) is 2.87. The van der Waals surface area contributed by atoms with Crippen LogP contribution in [0, 0.1) is 17.0 Å². The number of para-hydroxylation sites is 2. The van der Waals surface area contributed by atoms with E-state index in [1.54, 1.807) is 6.07 Å². The molecule has 0 spiro atoms. The molecule has 0 aliphatic carbocycles. The topological polar surface area (TPSA) is 98.3 Å². The monoisotopic (exact) mass is 281 g/mol. The summed E-state index contributed by atoms with van der Waals surface area (Å²) in [7, 11) is 0. The van der Waals surface area contributed by atoms with Crippen LogP contribution in [0.4, 0.5) is 5.69 Å². The summed E-state index contributed by atoms with van der Waals surface area (Å²) in [5, 5.41) is 23.7. The highest BCUT2D eigenvalue weighted by atomic mass is 35.5. The third-order valence-electron chi connectivity index (χ3n) is 2.52. The zero-order valence-electron chi connectivity index (χ0n) is 9.70. The number of nitro groups is 1. The Bertz CT molecular complexity index is 681. The highest BCUT2D eigenvalue weighted by molar-refractivity contribution is 6.33. The van der Waals surface area contributed by atoms with Gasteiger partial charge in [0.05, 0.1) is 10.6 Å². The molecule has 0 saturated carbocycles. The first-order valence-corrected chi connectivity index (χ1v) is 5.53. The molecule has 7 nitrogen and oxygen atoms in total. The van der Waals surface area contributed by atoms with Crippen LogP contribution in [-0.4, -0.2) is 25.8 Å². The van der Waals surface area contributed by atoms with Crippen molar-refractivity contribution in [1.82, 2.24) is 9.78 Å². The lowest BCUT2D eigenvalue weighted by Crippen LogP contribution is -2.02. The van der Waals surface area contributed by atoms with Crippen molar-refractivity contribution in [3.63, 3.8) is 0 Å². The Morgan fingerprint density at radius 3 is 2.63 bits per heavy atom. The summed E-state index contributed by atoms with van der Waals surface area (Å²) in [5.41, 5.74) is -0.0626. The average Bonchev–Trinajstić information content (AvgIpc) is 2.64. The Morgan fingerprint density at radius 2 is 2.11 bits per heavy atom. The number of halogens is 1. The van der Waals surface area contributed by atoms with Gasteiger partial charge in [-0.2, -0.15) is 5.10 Å². The fraction of sp³-hybridized carbons (Fsp3) is 0.0909. The van der Waals surface area contributed by atoms with Gasteiger partial charge >= 0.3 is 5.97 Å². The zero-order valence-corrected chi connectivity index (χ0v) is 10.5. The van der Waals surface area contributed by atoms with Gasteiger partial charge in [-0.3, -0.25) is 10.1 Å². The molecule has 0 aliphatic heterocycles. The van der Waals surface area contributed by atoms with Crippen LogP contribution in [0.15, 0.2) is 24.3 Å². The minimum absolute atomic E-state index is 0.119. The predicted octanol–water partition coefficient (Wildman–Crippen LogP) is 2.44. The smallest absolute Gasteiger partial charge is 0.340 e. The molecule has 0 bridgehead atoms. The van der Waals surface area contributed by atoms with Crippen molar-refractivity contribution in [1.29, 1.82) is 0 Å². The Morgan fingerprint density at radius 1 is 1.47 bits per heavy atom. The molecule has 1 heterocycles. The summed E-state index contributed by atoms with van der Waals surface area (Å²) < 4.78 is 1.05. The summed E-state index contributed by atoms with van der Waals surface area (Å²) in [6.45, 7) is 1.47. The quantitative estimate of drug-likeness (QED) is 0.688. The van der Waals surface area contributed by atoms with E-state index in [-0.39, 0.29) is 27.8 Å². The highest BCUT2D eigenvalue weighted by Crippen LogP contribution is 2.28. The Labute approximate surface area is 112 Å². The summed E-state index contributed by atoms with van der Waals surface area (Å²) in [6.07, 6.45) is 0. The average molecular weight is 282 g/mol. The summed E-state index contributed by atoms with van der Waals surface area (Å²) in [6, 6.07) is 5.82. The van der Waals surface area contributed by atoms with Crippen LogP contribution in [0.5, 0.6) is 0 Å². The predicted molar refractivity (Wildman–Crippen MR) is 66.9 cm³/mol. The van der Waals surface area contributed by atoms with Crippen LogP contribution < -0.4 is 0 Å². The lowest BCUT2D eigenvalue weighted by atomic mass is 10.2. The molecule has 0 aliphatic rings. The number of carboxylic acids is 1. The molecule has 0 saturated heterocycles. The standard InChI is InChI=1S/C11H8ClN3O4/c1-6-9(11(16)17)10(12)14(13-6)7-4-2-3-5-8(7)15(18)19/h2-5H,1H3,(H,16,17). The van der Waals surface area contributed by atoms with E-state index in [1.807, 2.05) is 0 Å². The maximum absolute atomic E-state index is 11.0. The second kappa shape index (κ2) is 4.69. The van der Waals surface area contributed by atoms with Gasteiger partial charge in [-0.25, -0.2) is 9.48 Å². The summed E-state index contributed by atoms with van der Waals surface area (Å²) in [5.74, 6) is -1.23. The van der Waals surface area contributed by atoms with Gasteiger partial charge in [0.25, 0.3) is 5.69 Å². The van der Waals surface area contributed by atoms with Gasteiger partial charge in [-0.15, -0.1) is 0 Å². The van der Waals surface area contributed by atoms with Gasteiger partial charge in [0.2, 0.25) is 0 Å². The van der Waals surface area contributed by atoms with Crippen molar-refractivity contribution >= 4 is 23.3 Å². The lowest BCUT2D eigenvalue weighted by Gasteiger charge is -2.03. The van der Waals surface area contributed by atoms with E-state index in [2.05, 4.69) is 5.10 Å². The van der Waals surface area contributed by atoms with Crippen molar-refractivity contribution in [3.8, 4) is 5.69 Å². The molecule has 1 aromatic heterocycles. The largest absolute Gasteiger partial charge is 0.478 e. The SMILES string of the molecule is Cc1nn(-c2ccccc2[N+](=O)[O-])c(Cl)c1C(=O)O.